The maximum Gasteiger partial charge on any atom is 0.272 e. The van der Waals surface area contributed by atoms with E-state index in [0.717, 1.165) is 43.0 Å². The molecule has 1 aromatic carbocycles. The van der Waals surface area contributed by atoms with E-state index in [1.165, 1.54) is 6.92 Å². The maximum absolute atomic E-state index is 12.3. The zero-order valence-electron chi connectivity index (χ0n) is 13.6. The van der Waals surface area contributed by atoms with Crippen molar-refractivity contribution in [1.29, 1.82) is 0 Å². The first-order chi connectivity index (χ1) is 11.6. The average molecular weight is 324 g/mol. The third kappa shape index (κ3) is 3.90. The number of nitrogens with one attached hydrogen (secondary N) is 2. The van der Waals surface area contributed by atoms with E-state index in [1.54, 1.807) is 12.3 Å². The fourth-order valence-corrected chi connectivity index (χ4v) is 2.72. The molecule has 0 aliphatic carbocycles. The Morgan fingerprint density at radius 3 is 2.46 bits per heavy atom. The SMILES string of the molecule is CC(=O)Nc1cccc(Nc2ccc(C(=O)N3CCCC3)nc2)c1. The molecule has 1 aliphatic rings. The van der Waals surface area contributed by atoms with Crippen molar-refractivity contribution in [3.05, 3.63) is 48.3 Å². The van der Waals surface area contributed by atoms with Crippen molar-refractivity contribution < 1.29 is 9.59 Å². The molecule has 3 rings (SSSR count). The average Bonchev–Trinajstić information content (AvgIpc) is 3.09. The second-order valence-corrected chi connectivity index (χ2v) is 5.82. The quantitative estimate of drug-likeness (QED) is 0.906. The van der Waals surface area contributed by atoms with Crippen LogP contribution in [0.4, 0.5) is 17.1 Å². The number of hydrogen-bond donors (Lipinski definition) is 2. The summed E-state index contributed by atoms with van der Waals surface area (Å²) >= 11 is 0. The lowest BCUT2D eigenvalue weighted by Gasteiger charge is -2.14. The number of nitrogens with zero attached hydrogens (tertiary/aromatic N) is 2. The van der Waals surface area contributed by atoms with Gasteiger partial charge in [-0.2, -0.15) is 0 Å². The topological polar surface area (TPSA) is 74.3 Å². The molecule has 6 heteroatoms. The zero-order valence-corrected chi connectivity index (χ0v) is 13.6. The number of benzene rings is 1. The highest BCUT2D eigenvalue weighted by Gasteiger charge is 2.20. The standard InChI is InChI=1S/C18H20N4O2/c1-13(23)20-14-5-4-6-15(11-14)21-16-7-8-17(19-12-16)18(24)22-9-2-3-10-22/h4-8,11-12,21H,2-3,9-10H2,1H3,(H,20,23). The highest BCUT2D eigenvalue weighted by atomic mass is 16.2. The highest BCUT2D eigenvalue weighted by molar-refractivity contribution is 5.92. The van der Waals surface area contributed by atoms with Gasteiger partial charge in [-0.25, -0.2) is 4.98 Å². The Labute approximate surface area is 140 Å². The molecule has 124 valence electrons. The Balaban J connectivity index is 1.67. The molecule has 1 aliphatic heterocycles. The lowest BCUT2D eigenvalue weighted by molar-refractivity contribution is -0.114. The monoisotopic (exact) mass is 324 g/mol. The molecule has 1 aromatic heterocycles. The van der Waals surface area contributed by atoms with E-state index in [-0.39, 0.29) is 11.8 Å². The van der Waals surface area contributed by atoms with E-state index >= 15 is 0 Å². The van der Waals surface area contributed by atoms with Crippen LogP contribution < -0.4 is 10.6 Å². The van der Waals surface area contributed by atoms with Crippen LogP contribution in [0, 0.1) is 0 Å². The molecule has 24 heavy (non-hydrogen) atoms. The van der Waals surface area contributed by atoms with Gasteiger partial charge in [0.1, 0.15) is 5.69 Å². The number of carbonyl (C=O) groups excluding carboxylic acids is 2. The van der Waals surface area contributed by atoms with Crippen LogP contribution >= 0.6 is 0 Å². The third-order valence-electron chi connectivity index (χ3n) is 3.85. The molecule has 2 heterocycles. The summed E-state index contributed by atoms with van der Waals surface area (Å²) in [6.45, 7) is 3.10. The third-order valence-corrected chi connectivity index (χ3v) is 3.85. The Hall–Kier alpha value is -2.89. The molecule has 0 saturated carbocycles. The Morgan fingerprint density at radius 1 is 1.04 bits per heavy atom. The molecule has 1 saturated heterocycles. The second-order valence-electron chi connectivity index (χ2n) is 5.82. The number of aromatic nitrogens is 1. The summed E-state index contributed by atoms with van der Waals surface area (Å²) in [6, 6.07) is 11.0. The van der Waals surface area contributed by atoms with E-state index in [0.29, 0.717) is 5.69 Å². The van der Waals surface area contributed by atoms with Gasteiger partial charge in [0.2, 0.25) is 5.91 Å². The van der Waals surface area contributed by atoms with Crippen molar-refractivity contribution in [2.24, 2.45) is 0 Å². The van der Waals surface area contributed by atoms with Crippen LogP contribution in [0.25, 0.3) is 0 Å². The van der Waals surface area contributed by atoms with Gasteiger partial charge < -0.3 is 15.5 Å². The predicted octanol–water partition coefficient (Wildman–Crippen LogP) is 3.02. The highest BCUT2D eigenvalue weighted by Crippen LogP contribution is 2.20. The van der Waals surface area contributed by atoms with Crippen LogP contribution in [0.2, 0.25) is 0 Å². The summed E-state index contributed by atoms with van der Waals surface area (Å²) in [7, 11) is 0. The van der Waals surface area contributed by atoms with Gasteiger partial charge in [0.15, 0.2) is 0 Å². The van der Waals surface area contributed by atoms with Crippen LogP contribution in [0.5, 0.6) is 0 Å². The largest absolute Gasteiger partial charge is 0.354 e. The molecule has 2 aromatic rings. The molecule has 0 radical (unpaired) electrons. The summed E-state index contributed by atoms with van der Waals surface area (Å²) in [5, 5.41) is 5.96. The first-order valence-electron chi connectivity index (χ1n) is 8.02. The Morgan fingerprint density at radius 2 is 1.79 bits per heavy atom. The van der Waals surface area contributed by atoms with E-state index in [9.17, 15) is 9.59 Å². The minimum Gasteiger partial charge on any atom is -0.354 e. The van der Waals surface area contributed by atoms with Gasteiger partial charge in [0, 0.05) is 31.4 Å². The number of anilines is 3. The Kier molecular flexibility index (Phi) is 4.74. The molecule has 2 amide bonds. The summed E-state index contributed by atoms with van der Waals surface area (Å²) in [4.78, 5) is 29.5. The summed E-state index contributed by atoms with van der Waals surface area (Å²) in [5.41, 5.74) is 2.81. The molecule has 2 N–H and O–H groups in total. The molecule has 1 fully saturated rings. The second kappa shape index (κ2) is 7.12. The minimum absolute atomic E-state index is 0.00768. The number of hydrogen-bond acceptors (Lipinski definition) is 4. The van der Waals surface area contributed by atoms with Gasteiger partial charge in [0.25, 0.3) is 5.91 Å². The maximum atomic E-state index is 12.3. The van der Waals surface area contributed by atoms with Crippen LogP contribution in [-0.2, 0) is 4.79 Å². The van der Waals surface area contributed by atoms with Crippen molar-refractivity contribution in [2.75, 3.05) is 23.7 Å². The molecule has 0 bridgehead atoms. The summed E-state index contributed by atoms with van der Waals surface area (Å²) in [5.74, 6) is -0.120. The lowest BCUT2D eigenvalue weighted by atomic mass is 10.2. The number of amides is 2. The van der Waals surface area contributed by atoms with Crippen molar-refractivity contribution in [3.63, 3.8) is 0 Å². The summed E-state index contributed by atoms with van der Waals surface area (Å²) < 4.78 is 0. The minimum atomic E-state index is -0.112. The van der Waals surface area contributed by atoms with E-state index < -0.39 is 0 Å². The Bertz CT molecular complexity index is 737. The van der Waals surface area contributed by atoms with Crippen LogP contribution in [0.15, 0.2) is 42.6 Å². The van der Waals surface area contributed by atoms with E-state index in [1.807, 2.05) is 35.2 Å². The number of pyridine rings is 1. The van der Waals surface area contributed by atoms with E-state index in [2.05, 4.69) is 15.6 Å². The normalized spacial score (nSPS) is 13.6. The lowest BCUT2D eigenvalue weighted by Crippen LogP contribution is -2.28. The zero-order chi connectivity index (χ0) is 16.9. The molecule has 0 atom stereocenters. The van der Waals surface area contributed by atoms with E-state index in [4.69, 9.17) is 0 Å². The predicted molar refractivity (Wildman–Crippen MR) is 93.4 cm³/mol. The van der Waals surface area contributed by atoms with Gasteiger partial charge in [-0.3, -0.25) is 9.59 Å². The van der Waals surface area contributed by atoms with Gasteiger partial charge >= 0.3 is 0 Å². The molecular formula is C18H20N4O2. The number of carbonyl (C=O) groups is 2. The summed E-state index contributed by atoms with van der Waals surface area (Å²) in [6.07, 6.45) is 3.78. The van der Waals surface area contributed by atoms with Crippen molar-refractivity contribution >= 4 is 28.9 Å². The van der Waals surface area contributed by atoms with Gasteiger partial charge in [-0.05, 0) is 43.2 Å². The molecule has 0 spiro atoms. The van der Waals surface area contributed by atoms with Crippen LogP contribution in [0.1, 0.15) is 30.3 Å². The van der Waals surface area contributed by atoms with Crippen molar-refractivity contribution in [1.82, 2.24) is 9.88 Å². The fourth-order valence-electron chi connectivity index (χ4n) is 2.72. The number of rotatable bonds is 4. The van der Waals surface area contributed by atoms with Gasteiger partial charge in [-0.1, -0.05) is 6.07 Å². The van der Waals surface area contributed by atoms with Crippen molar-refractivity contribution in [3.8, 4) is 0 Å². The van der Waals surface area contributed by atoms with Crippen LogP contribution in [-0.4, -0.2) is 34.8 Å². The smallest absolute Gasteiger partial charge is 0.272 e. The molecule has 6 nitrogen and oxygen atoms in total. The van der Waals surface area contributed by atoms with Crippen LogP contribution in [0.3, 0.4) is 0 Å². The molecule has 0 unspecified atom stereocenters. The van der Waals surface area contributed by atoms with Gasteiger partial charge in [-0.15, -0.1) is 0 Å². The van der Waals surface area contributed by atoms with Crippen molar-refractivity contribution in [2.45, 2.75) is 19.8 Å². The van der Waals surface area contributed by atoms with Gasteiger partial charge in [0.05, 0.1) is 11.9 Å². The first kappa shape index (κ1) is 16.0. The first-order valence-corrected chi connectivity index (χ1v) is 8.02. The molecular weight excluding hydrogens is 304 g/mol. The number of likely N-dealkylation sites (tertiary alicyclic amines) is 1. The fraction of sp³-hybridized carbons (Fsp3) is 0.278.